The minimum atomic E-state index is -0.296. The number of anilines is 2. The quantitative estimate of drug-likeness (QED) is 0.581. The average molecular weight is 293 g/mol. The zero-order valence-electron chi connectivity index (χ0n) is 13.4. The van der Waals surface area contributed by atoms with Crippen LogP contribution in [0.15, 0.2) is 0 Å². The molecule has 1 aromatic heterocycles. The Morgan fingerprint density at radius 1 is 1.29 bits per heavy atom. The number of likely N-dealkylation sites (N-methyl/N-ethyl adjacent to an activating group) is 1. The van der Waals surface area contributed by atoms with Crippen LogP contribution in [0.25, 0.3) is 0 Å². The van der Waals surface area contributed by atoms with Crippen molar-refractivity contribution in [2.45, 2.75) is 64.5 Å². The number of rotatable bonds is 4. The first-order valence-electron chi connectivity index (χ1n) is 7.71. The van der Waals surface area contributed by atoms with E-state index in [4.69, 9.17) is 10.8 Å². The number of hydrazine groups is 1. The van der Waals surface area contributed by atoms with E-state index < -0.39 is 0 Å². The van der Waals surface area contributed by atoms with Crippen LogP contribution in [-0.2, 0) is 0 Å². The van der Waals surface area contributed by atoms with Crippen molar-refractivity contribution in [3.63, 3.8) is 0 Å². The number of aromatic nitrogens is 2. The molecule has 0 bridgehead atoms. The second-order valence-electron chi connectivity index (χ2n) is 6.21. The van der Waals surface area contributed by atoms with Gasteiger partial charge >= 0.3 is 0 Å². The molecule has 6 nitrogen and oxygen atoms in total. The van der Waals surface area contributed by atoms with Crippen LogP contribution in [0.4, 0.5) is 11.6 Å². The Kier molecular flexibility index (Phi) is 5.00. The molecule has 0 spiro atoms. The molecule has 1 fully saturated rings. The molecule has 21 heavy (non-hydrogen) atoms. The number of nitrogens with one attached hydrogen (secondary N) is 1. The van der Waals surface area contributed by atoms with Crippen LogP contribution < -0.4 is 16.2 Å². The number of hydrogen-bond donors (Lipinski definition) is 3. The van der Waals surface area contributed by atoms with Gasteiger partial charge in [0.1, 0.15) is 17.5 Å². The summed E-state index contributed by atoms with van der Waals surface area (Å²) in [6.07, 6.45) is 3.80. The first-order chi connectivity index (χ1) is 9.95. The highest BCUT2D eigenvalue weighted by Crippen LogP contribution is 2.30. The van der Waals surface area contributed by atoms with E-state index in [1.165, 1.54) is 0 Å². The summed E-state index contributed by atoms with van der Waals surface area (Å²) in [6, 6.07) is 0.109. The summed E-state index contributed by atoms with van der Waals surface area (Å²) in [7, 11) is 2.00. The van der Waals surface area contributed by atoms with Gasteiger partial charge in [-0.15, -0.1) is 0 Å². The molecule has 0 amide bonds. The number of hydrogen-bond acceptors (Lipinski definition) is 6. The van der Waals surface area contributed by atoms with Crippen molar-refractivity contribution in [3.05, 3.63) is 11.4 Å². The van der Waals surface area contributed by atoms with Gasteiger partial charge in [0.05, 0.1) is 12.1 Å². The van der Waals surface area contributed by atoms with E-state index in [-0.39, 0.29) is 18.1 Å². The minimum Gasteiger partial charge on any atom is -0.391 e. The Morgan fingerprint density at radius 3 is 2.52 bits per heavy atom. The van der Waals surface area contributed by atoms with Crippen molar-refractivity contribution < 1.29 is 5.11 Å². The van der Waals surface area contributed by atoms with Gasteiger partial charge in [0.25, 0.3) is 0 Å². The van der Waals surface area contributed by atoms with E-state index in [1.54, 1.807) is 0 Å². The largest absolute Gasteiger partial charge is 0.391 e. The Balaban J connectivity index is 2.38. The van der Waals surface area contributed by atoms with Crippen molar-refractivity contribution in [2.24, 2.45) is 5.84 Å². The van der Waals surface area contributed by atoms with E-state index in [9.17, 15) is 5.11 Å². The summed E-state index contributed by atoms with van der Waals surface area (Å²) < 4.78 is 0. The smallest absolute Gasteiger partial charge is 0.148 e. The summed E-state index contributed by atoms with van der Waals surface area (Å²) in [5, 5.41) is 10.3. The van der Waals surface area contributed by atoms with E-state index in [2.05, 4.69) is 29.2 Å². The topological polar surface area (TPSA) is 87.3 Å². The molecule has 2 atom stereocenters. The van der Waals surface area contributed by atoms with Crippen LogP contribution in [0.5, 0.6) is 0 Å². The Morgan fingerprint density at radius 2 is 1.95 bits per heavy atom. The van der Waals surface area contributed by atoms with E-state index in [0.717, 1.165) is 42.9 Å². The van der Waals surface area contributed by atoms with Gasteiger partial charge in [0.2, 0.25) is 0 Å². The lowest BCUT2D eigenvalue weighted by Crippen LogP contribution is -2.44. The average Bonchev–Trinajstić information content (AvgIpc) is 2.47. The van der Waals surface area contributed by atoms with Crippen LogP contribution in [0, 0.1) is 6.92 Å². The molecule has 1 aromatic rings. The predicted octanol–water partition coefficient (Wildman–Crippen LogP) is 1.93. The van der Waals surface area contributed by atoms with Crippen molar-refractivity contribution in [1.29, 1.82) is 0 Å². The Bertz CT molecular complexity index is 491. The summed E-state index contributed by atoms with van der Waals surface area (Å²) in [5.41, 5.74) is 3.58. The summed E-state index contributed by atoms with van der Waals surface area (Å²) in [6.45, 7) is 6.08. The molecule has 2 rings (SSSR count). The highest BCUT2D eigenvalue weighted by atomic mass is 16.3. The molecule has 6 heteroatoms. The van der Waals surface area contributed by atoms with Crippen molar-refractivity contribution in [3.8, 4) is 0 Å². The Labute approximate surface area is 126 Å². The second kappa shape index (κ2) is 6.58. The molecule has 1 heterocycles. The molecule has 1 aliphatic rings. The van der Waals surface area contributed by atoms with Gasteiger partial charge < -0.3 is 15.4 Å². The number of nitrogens with zero attached hydrogens (tertiary/aromatic N) is 3. The molecular weight excluding hydrogens is 266 g/mol. The summed E-state index contributed by atoms with van der Waals surface area (Å²) >= 11 is 0. The third-order valence-electron chi connectivity index (χ3n) is 4.32. The molecule has 4 N–H and O–H groups in total. The number of nitrogens with two attached hydrogens (primary N) is 1. The summed E-state index contributed by atoms with van der Waals surface area (Å²) in [5.74, 6) is 8.08. The SMILES string of the molecule is Cc1c(NN)nc(C(C)C)nc1N(C)C1CCCCC1O. The first-order valence-corrected chi connectivity index (χ1v) is 7.71. The first kappa shape index (κ1) is 16.0. The fraction of sp³-hybridized carbons (Fsp3) is 0.733. The lowest BCUT2D eigenvalue weighted by Gasteiger charge is -2.36. The van der Waals surface area contributed by atoms with Crippen LogP contribution >= 0.6 is 0 Å². The predicted molar refractivity (Wildman–Crippen MR) is 85.3 cm³/mol. The lowest BCUT2D eigenvalue weighted by molar-refractivity contribution is 0.106. The molecule has 1 aliphatic carbocycles. The molecule has 0 aromatic carbocycles. The van der Waals surface area contributed by atoms with Crippen molar-refractivity contribution >= 4 is 11.6 Å². The fourth-order valence-electron chi connectivity index (χ4n) is 2.96. The molecule has 2 unspecified atom stereocenters. The van der Waals surface area contributed by atoms with Gasteiger partial charge in [-0.3, -0.25) is 0 Å². The zero-order valence-corrected chi connectivity index (χ0v) is 13.4. The van der Waals surface area contributed by atoms with Crippen LogP contribution in [-0.4, -0.2) is 34.3 Å². The van der Waals surface area contributed by atoms with Gasteiger partial charge in [0.15, 0.2) is 0 Å². The Hall–Kier alpha value is -1.40. The van der Waals surface area contributed by atoms with Crippen LogP contribution in [0.1, 0.15) is 56.8 Å². The van der Waals surface area contributed by atoms with Gasteiger partial charge in [-0.2, -0.15) is 0 Å². The molecule has 1 saturated carbocycles. The molecule has 0 saturated heterocycles. The number of aliphatic hydroxyl groups is 1. The zero-order chi connectivity index (χ0) is 15.6. The fourth-order valence-corrected chi connectivity index (χ4v) is 2.96. The molecule has 118 valence electrons. The van der Waals surface area contributed by atoms with E-state index >= 15 is 0 Å². The van der Waals surface area contributed by atoms with E-state index in [0.29, 0.717) is 5.82 Å². The highest BCUT2D eigenvalue weighted by Gasteiger charge is 2.29. The number of nitrogen functional groups attached to an aromatic ring is 1. The minimum absolute atomic E-state index is 0.109. The maximum absolute atomic E-state index is 10.3. The van der Waals surface area contributed by atoms with Crippen molar-refractivity contribution in [1.82, 2.24) is 9.97 Å². The standard InChI is InChI=1S/C15H27N5O/c1-9(2)13-17-14(19-16)10(3)15(18-13)20(4)11-7-5-6-8-12(11)21/h9,11-12,21H,5-8,16H2,1-4H3,(H,17,18,19). The lowest BCUT2D eigenvalue weighted by atomic mass is 9.91. The second-order valence-corrected chi connectivity index (χ2v) is 6.21. The van der Waals surface area contributed by atoms with Gasteiger partial charge in [-0.25, -0.2) is 15.8 Å². The molecule has 0 radical (unpaired) electrons. The maximum Gasteiger partial charge on any atom is 0.148 e. The number of aliphatic hydroxyl groups excluding tert-OH is 1. The van der Waals surface area contributed by atoms with Crippen LogP contribution in [0.2, 0.25) is 0 Å². The van der Waals surface area contributed by atoms with Gasteiger partial charge in [-0.1, -0.05) is 26.7 Å². The summed E-state index contributed by atoms with van der Waals surface area (Å²) in [4.78, 5) is 11.3. The maximum atomic E-state index is 10.3. The molecular formula is C15H27N5O. The molecule has 0 aliphatic heterocycles. The third kappa shape index (κ3) is 3.27. The van der Waals surface area contributed by atoms with Crippen LogP contribution in [0.3, 0.4) is 0 Å². The van der Waals surface area contributed by atoms with Gasteiger partial charge in [-0.05, 0) is 19.8 Å². The third-order valence-corrected chi connectivity index (χ3v) is 4.32. The van der Waals surface area contributed by atoms with Gasteiger partial charge in [0, 0.05) is 18.5 Å². The van der Waals surface area contributed by atoms with E-state index in [1.807, 2.05) is 14.0 Å². The monoisotopic (exact) mass is 293 g/mol. The van der Waals surface area contributed by atoms with Crippen molar-refractivity contribution in [2.75, 3.05) is 17.4 Å². The highest BCUT2D eigenvalue weighted by molar-refractivity contribution is 5.58. The normalized spacial score (nSPS) is 22.4.